The predicted octanol–water partition coefficient (Wildman–Crippen LogP) is 2.11. The first kappa shape index (κ1) is 15.5. The maximum absolute atomic E-state index is 6.13. The molecule has 1 aliphatic heterocycles. The fourth-order valence-electron chi connectivity index (χ4n) is 2.27. The summed E-state index contributed by atoms with van der Waals surface area (Å²) in [5.74, 6) is 0. The summed E-state index contributed by atoms with van der Waals surface area (Å²) in [7, 11) is 0. The van der Waals surface area contributed by atoms with Crippen LogP contribution in [0.4, 0.5) is 5.69 Å². The van der Waals surface area contributed by atoms with E-state index in [2.05, 4.69) is 10.2 Å². The van der Waals surface area contributed by atoms with Crippen LogP contribution in [0.3, 0.4) is 0 Å². The second-order valence-corrected chi connectivity index (χ2v) is 5.61. The van der Waals surface area contributed by atoms with Crippen LogP contribution in [0.15, 0.2) is 18.2 Å². The van der Waals surface area contributed by atoms with Crippen molar-refractivity contribution in [1.29, 1.82) is 0 Å². The van der Waals surface area contributed by atoms with E-state index in [9.17, 15) is 0 Å². The second-order valence-electron chi connectivity index (χ2n) is 4.76. The molecule has 1 aromatic carbocycles. The number of nitrogens with one attached hydrogen (secondary N) is 1. The number of morpholine rings is 1. The standard InChI is InChI=1S/C14H20ClN3OS/c15-11-3-1-4-12(13(11)14(16)20)17-5-2-6-18-7-9-19-10-8-18/h1,3-4,17H,2,5-10H2,(H2,16,20). The van der Waals surface area contributed by atoms with Crippen LogP contribution < -0.4 is 11.1 Å². The molecular weight excluding hydrogens is 294 g/mol. The van der Waals surface area contributed by atoms with E-state index < -0.39 is 0 Å². The van der Waals surface area contributed by atoms with Crippen molar-refractivity contribution >= 4 is 34.5 Å². The summed E-state index contributed by atoms with van der Waals surface area (Å²) in [5.41, 5.74) is 7.36. The lowest BCUT2D eigenvalue weighted by Crippen LogP contribution is -2.37. The van der Waals surface area contributed by atoms with Gasteiger partial charge in [-0.15, -0.1) is 0 Å². The van der Waals surface area contributed by atoms with E-state index in [1.165, 1.54) is 0 Å². The number of ether oxygens (including phenoxy) is 1. The summed E-state index contributed by atoms with van der Waals surface area (Å²) in [4.78, 5) is 2.74. The van der Waals surface area contributed by atoms with E-state index in [1.807, 2.05) is 12.1 Å². The molecule has 1 fully saturated rings. The van der Waals surface area contributed by atoms with E-state index in [1.54, 1.807) is 6.07 Å². The Morgan fingerprint density at radius 1 is 1.40 bits per heavy atom. The molecule has 1 aromatic rings. The maximum atomic E-state index is 6.13. The molecule has 2 rings (SSSR count). The summed E-state index contributed by atoms with van der Waals surface area (Å²) in [6.45, 7) is 5.66. The molecule has 0 aliphatic carbocycles. The highest BCUT2D eigenvalue weighted by Gasteiger charge is 2.11. The lowest BCUT2D eigenvalue weighted by Gasteiger charge is -2.26. The summed E-state index contributed by atoms with van der Waals surface area (Å²) in [5, 5.41) is 3.96. The first-order chi connectivity index (χ1) is 9.68. The van der Waals surface area contributed by atoms with Gasteiger partial charge in [0, 0.05) is 25.3 Å². The third-order valence-electron chi connectivity index (χ3n) is 3.33. The van der Waals surface area contributed by atoms with E-state index in [0.717, 1.165) is 57.1 Å². The van der Waals surface area contributed by atoms with Crippen molar-refractivity contribution in [1.82, 2.24) is 4.90 Å². The molecule has 0 saturated carbocycles. The van der Waals surface area contributed by atoms with Crippen molar-refractivity contribution in [2.45, 2.75) is 6.42 Å². The van der Waals surface area contributed by atoms with Gasteiger partial charge in [-0.25, -0.2) is 0 Å². The number of rotatable bonds is 6. The van der Waals surface area contributed by atoms with Crippen molar-refractivity contribution in [3.63, 3.8) is 0 Å². The molecule has 1 aliphatic rings. The Morgan fingerprint density at radius 2 is 2.15 bits per heavy atom. The smallest absolute Gasteiger partial charge is 0.107 e. The normalized spacial score (nSPS) is 16.1. The van der Waals surface area contributed by atoms with E-state index in [4.69, 9.17) is 34.3 Å². The zero-order chi connectivity index (χ0) is 14.4. The Morgan fingerprint density at radius 3 is 2.85 bits per heavy atom. The number of benzene rings is 1. The number of halogens is 1. The minimum Gasteiger partial charge on any atom is -0.389 e. The summed E-state index contributed by atoms with van der Waals surface area (Å²) < 4.78 is 5.33. The van der Waals surface area contributed by atoms with Gasteiger partial charge in [0.05, 0.1) is 23.8 Å². The molecule has 6 heteroatoms. The van der Waals surface area contributed by atoms with Gasteiger partial charge < -0.3 is 15.8 Å². The molecule has 3 N–H and O–H groups in total. The maximum Gasteiger partial charge on any atom is 0.107 e. The molecule has 0 bridgehead atoms. The lowest BCUT2D eigenvalue weighted by molar-refractivity contribution is 0.0378. The highest BCUT2D eigenvalue weighted by molar-refractivity contribution is 7.80. The largest absolute Gasteiger partial charge is 0.389 e. The van der Waals surface area contributed by atoms with E-state index in [-0.39, 0.29) is 0 Å². The number of anilines is 1. The number of nitrogens with two attached hydrogens (primary N) is 1. The summed E-state index contributed by atoms with van der Waals surface area (Å²) >= 11 is 11.2. The van der Waals surface area contributed by atoms with Crippen molar-refractivity contribution in [2.24, 2.45) is 5.73 Å². The molecule has 1 saturated heterocycles. The summed E-state index contributed by atoms with van der Waals surface area (Å²) in [6, 6.07) is 5.65. The van der Waals surface area contributed by atoms with E-state index in [0.29, 0.717) is 10.0 Å². The molecule has 1 heterocycles. The number of hydrogen-bond acceptors (Lipinski definition) is 4. The van der Waals surface area contributed by atoms with Gasteiger partial charge in [0.25, 0.3) is 0 Å². The van der Waals surface area contributed by atoms with Gasteiger partial charge in [-0.2, -0.15) is 0 Å². The molecule has 0 spiro atoms. The Hall–Kier alpha value is -0.880. The fourth-order valence-corrected chi connectivity index (χ4v) is 2.82. The van der Waals surface area contributed by atoms with Crippen LogP contribution in [0.2, 0.25) is 5.02 Å². The number of thiocarbonyl (C=S) groups is 1. The van der Waals surface area contributed by atoms with Crippen LogP contribution in [0, 0.1) is 0 Å². The van der Waals surface area contributed by atoms with Crippen LogP contribution in [0.25, 0.3) is 0 Å². The predicted molar refractivity (Wildman–Crippen MR) is 87.7 cm³/mol. The molecular formula is C14H20ClN3OS. The average molecular weight is 314 g/mol. The third kappa shape index (κ3) is 4.31. The molecule has 0 atom stereocenters. The fraction of sp³-hybridized carbons (Fsp3) is 0.500. The minimum absolute atomic E-state index is 0.325. The second kappa shape index (κ2) is 7.78. The van der Waals surface area contributed by atoms with Crippen LogP contribution >= 0.6 is 23.8 Å². The van der Waals surface area contributed by atoms with E-state index >= 15 is 0 Å². The van der Waals surface area contributed by atoms with Crippen molar-refractivity contribution in [2.75, 3.05) is 44.7 Å². The van der Waals surface area contributed by atoms with Crippen molar-refractivity contribution in [3.05, 3.63) is 28.8 Å². The first-order valence-corrected chi connectivity index (χ1v) is 7.59. The van der Waals surface area contributed by atoms with Gasteiger partial charge >= 0.3 is 0 Å². The topological polar surface area (TPSA) is 50.5 Å². The van der Waals surface area contributed by atoms with Gasteiger partial charge in [0.2, 0.25) is 0 Å². The highest BCUT2D eigenvalue weighted by Crippen LogP contribution is 2.24. The Labute approximate surface area is 130 Å². The molecule has 0 amide bonds. The Bertz CT molecular complexity index is 464. The van der Waals surface area contributed by atoms with Crippen molar-refractivity contribution < 1.29 is 4.74 Å². The molecule has 0 radical (unpaired) electrons. The molecule has 110 valence electrons. The van der Waals surface area contributed by atoms with Gasteiger partial charge in [-0.1, -0.05) is 29.9 Å². The highest BCUT2D eigenvalue weighted by atomic mass is 35.5. The Kier molecular flexibility index (Phi) is 6.04. The minimum atomic E-state index is 0.325. The molecule has 0 unspecified atom stereocenters. The lowest BCUT2D eigenvalue weighted by atomic mass is 10.1. The third-order valence-corrected chi connectivity index (χ3v) is 3.85. The first-order valence-electron chi connectivity index (χ1n) is 6.81. The molecule has 4 nitrogen and oxygen atoms in total. The monoisotopic (exact) mass is 313 g/mol. The number of nitrogens with zero attached hydrogens (tertiary/aromatic N) is 1. The van der Waals surface area contributed by atoms with Crippen molar-refractivity contribution in [3.8, 4) is 0 Å². The summed E-state index contributed by atoms with van der Waals surface area (Å²) in [6.07, 6.45) is 1.06. The van der Waals surface area contributed by atoms with Crippen LogP contribution in [-0.2, 0) is 4.74 Å². The van der Waals surface area contributed by atoms with Gasteiger partial charge in [-0.05, 0) is 25.1 Å². The van der Waals surface area contributed by atoms with Gasteiger partial charge in [0.15, 0.2) is 0 Å². The average Bonchev–Trinajstić information content (AvgIpc) is 2.44. The quantitative estimate of drug-likeness (QED) is 0.622. The van der Waals surface area contributed by atoms with Crippen LogP contribution in [0.1, 0.15) is 12.0 Å². The van der Waals surface area contributed by atoms with Gasteiger partial charge in [-0.3, -0.25) is 4.90 Å². The van der Waals surface area contributed by atoms with Crippen LogP contribution in [0.5, 0.6) is 0 Å². The SMILES string of the molecule is NC(=S)c1c(Cl)cccc1NCCCN1CCOCC1. The zero-order valence-electron chi connectivity index (χ0n) is 11.4. The Balaban J connectivity index is 1.82. The number of hydrogen-bond donors (Lipinski definition) is 2. The molecule has 0 aromatic heterocycles. The zero-order valence-corrected chi connectivity index (χ0v) is 13.0. The van der Waals surface area contributed by atoms with Gasteiger partial charge in [0.1, 0.15) is 4.99 Å². The van der Waals surface area contributed by atoms with Crippen LogP contribution in [-0.4, -0.2) is 49.3 Å². The molecule has 20 heavy (non-hydrogen) atoms.